The number of aromatic amines is 2. The molecule has 0 radical (unpaired) electrons. The van der Waals surface area contributed by atoms with Crippen LogP contribution in [-0.4, -0.2) is 9.97 Å². The smallest absolute Gasteiger partial charge is 0.327 e. The second-order valence-electron chi connectivity index (χ2n) is 3.62. The van der Waals surface area contributed by atoms with E-state index in [4.69, 9.17) is 5.26 Å². The van der Waals surface area contributed by atoms with Gasteiger partial charge in [-0.25, -0.2) is 4.79 Å². The van der Waals surface area contributed by atoms with E-state index in [2.05, 4.69) is 21.4 Å². The van der Waals surface area contributed by atoms with Gasteiger partial charge < -0.3 is 5.32 Å². The van der Waals surface area contributed by atoms with Crippen molar-refractivity contribution in [3.8, 4) is 6.07 Å². The fourth-order valence-corrected chi connectivity index (χ4v) is 1.54. The first-order chi connectivity index (χ1) is 8.69. The molecule has 0 amide bonds. The maximum Gasteiger partial charge on any atom is 0.327 e. The Morgan fingerprint density at radius 2 is 1.89 bits per heavy atom. The average molecular weight is 242 g/mol. The number of hydrogen-bond acceptors (Lipinski definition) is 4. The molecule has 0 aliphatic carbocycles. The third-order valence-corrected chi connectivity index (χ3v) is 2.32. The molecule has 0 spiro atoms. The van der Waals surface area contributed by atoms with Gasteiger partial charge in [0.1, 0.15) is 11.9 Å². The predicted octanol–water partition coefficient (Wildman–Crippen LogP) is 0.740. The van der Waals surface area contributed by atoms with E-state index >= 15 is 0 Å². The summed E-state index contributed by atoms with van der Waals surface area (Å²) in [5.41, 5.74) is -0.387. The van der Waals surface area contributed by atoms with Crippen LogP contribution in [0, 0.1) is 11.3 Å². The standard InChI is InChI=1S/C12H10N4O2/c13-7-9(8-4-2-1-3-5-8)14-10-6-11(17)16-12(18)15-10/h1-6,9H,(H3,14,15,16,17,18). The van der Waals surface area contributed by atoms with Crippen LogP contribution in [0.2, 0.25) is 0 Å². The van der Waals surface area contributed by atoms with Crippen molar-refractivity contribution in [1.82, 2.24) is 9.97 Å². The van der Waals surface area contributed by atoms with Crippen LogP contribution in [-0.2, 0) is 0 Å². The van der Waals surface area contributed by atoms with Gasteiger partial charge in [0.25, 0.3) is 5.56 Å². The van der Waals surface area contributed by atoms with Gasteiger partial charge in [-0.1, -0.05) is 30.3 Å². The molecule has 6 nitrogen and oxygen atoms in total. The van der Waals surface area contributed by atoms with E-state index < -0.39 is 17.3 Å². The summed E-state index contributed by atoms with van der Waals surface area (Å²) in [6.45, 7) is 0. The highest BCUT2D eigenvalue weighted by Gasteiger charge is 2.10. The van der Waals surface area contributed by atoms with Crippen molar-refractivity contribution in [2.24, 2.45) is 0 Å². The zero-order valence-electron chi connectivity index (χ0n) is 9.31. The second kappa shape index (κ2) is 5.01. The van der Waals surface area contributed by atoms with Crippen LogP contribution in [0.25, 0.3) is 0 Å². The van der Waals surface area contributed by atoms with Crippen molar-refractivity contribution in [3.05, 3.63) is 62.8 Å². The fourth-order valence-electron chi connectivity index (χ4n) is 1.54. The van der Waals surface area contributed by atoms with E-state index in [1.807, 2.05) is 18.2 Å². The lowest BCUT2D eigenvalue weighted by molar-refractivity contribution is 0.951. The lowest BCUT2D eigenvalue weighted by atomic mass is 10.1. The minimum Gasteiger partial charge on any atom is -0.352 e. The molecule has 18 heavy (non-hydrogen) atoms. The lowest BCUT2D eigenvalue weighted by Gasteiger charge is -2.12. The van der Waals surface area contributed by atoms with Crippen LogP contribution in [0.1, 0.15) is 11.6 Å². The molecule has 0 saturated carbocycles. The third-order valence-electron chi connectivity index (χ3n) is 2.32. The molecule has 0 fully saturated rings. The highest BCUT2D eigenvalue weighted by atomic mass is 16.2. The minimum absolute atomic E-state index is 0.208. The summed E-state index contributed by atoms with van der Waals surface area (Å²) in [7, 11) is 0. The number of nitrogens with one attached hydrogen (secondary N) is 3. The number of nitrogens with zero attached hydrogens (tertiary/aromatic N) is 1. The summed E-state index contributed by atoms with van der Waals surface area (Å²) in [5, 5.41) is 11.9. The number of benzene rings is 1. The lowest BCUT2D eigenvalue weighted by Crippen LogP contribution is -2.23. The number of nitriles is 1. The number of rotatable bonds is 3. The molecule has 0 bridgehead atoms. The van der Waals surface area contributed by atoms with E-state index in [-0.39, 0.29) is 5.82 Å². The zero-order chi connectivity index (χ0) is 13.0. The van der Waals surface area contributed by atoms with Crippen LogP contribution in [0.5, 0.6) is 0 Å². The van der Waals surface area contributed by atoms with E-state index in [9.17, 15) is 9.59 Å². The summed E-state index contributed by atoms with van der Waals surface area (Å²) in [5.74, 6) is 0.208. The second-order valence-corrected chi connectivity index (χ2v) is 3.62. The maximum absolute atomic E-state index is 11.1. The fraction of sp³-hybridized carbons (Fsp3) is 0.0833. The third kappa shape index (κ3) is 2.65. The van der Waals surface area contributed by atoms with Crippen LogP contribution in [0.15, 0.2) is 46.0 Å². The summed E-state index contributed by atoms with van der Waals surface area (Å²) < 4.78 is 0. The largest absolute Gasteiger partial charge is 0.352 e. The molecule has 0 aliphatic heterocycles. The van der Waals surface area contributed by atoms with Crippen LogP contribution in [0.3, 0.4) is 0 Å². The molecular formula is C12H10N4O2. The Morgan fingerprint density at radius 3 is 2.50 bits per heavy atom. The molecule has 3 N–H and O–H groups in total. The highest BCUT2D eigenvalue weighted by molar-refractivity contribution is 5.40. The van der Waals surface area contributed by atoms with Crippen molar-refractivity contribution >= 4 is 5.82 Å². The molecule has 1 atom stereocenters. The normalized spacial score (nSPS) is 11.5. The van der Waals surface area contributed by atoms with Gasteiger partial charge in [-0.3, -0.25) is 14.8 Å². The van der Waals surface area contributed by atoms with Gasteiger partial charge in [0, 0.05) is 6.07 Å². The molecule has 2 aromatic rings. The van der Waals surface area contributed by atoms with Crippen molar-refractivity contribution in [2.75, 3.05) is 5.32 Å². The molecule has 1 aromatic carbocycles. The van der Waals surface area contributed by atoms with Crippen LogP contribution in [0.4, 0.5) is 5.82 Å². The Balaban J connectivity index is 2.30. The van der Waals surface area contributed by atoms with Crippen molar-refractivity contribution in [1.29, 1.82) is 5.26 Å². The van der Waals surface area contributed by atoms with Gasteiger partial charge >= 0.3 is 5.69 Å². The molecule has 2 rings (SSSR count). The number of H-pyrrole nitrogens is 2. The Bertz CT molecular complexity index is 653. The molecule has 1 aromatic heterocycles. The van der Waals surface area contributed by atoms with Crippen molar-refractivity contribution in [3.63, 3.8) is 0 Å². The van der Waals surface area contributed by atoms with Crippen LogP contribution < -0.4 is 16.6 Å². The predicted molar refractivity (Wildman–Crippen MR) is 66.1 cm³/mol. The Morgan fingerprint density at radius 1 is 1.17 bits per heavy atom. The van der Waals surface area contributed by atoms with E-state index in [0.29, 0.717) is 0 Å². The van der Waals surface area contributed by atoms with Crippen molar-refractivity contribution in [2.45, 2.75) is 6.04 Å². The Hall–Kier alpha value is -2.81. The van der Waals surface area contributed by atoms with Gasteiger partial charge in [0.2, 0.25) is 0 Å². The quantitative estimate of drug-likeness (QED) is 0.738. The topological polar surface area (TPSA) is 102 Å². The molecule has 1 heterocycles. The van der Waals surface area contributed by atoms with Gasteiger partial charge in [0.05, 0.1) is 6.07 Å². The molecule has 90 valence electrons. The van der Waals surface area contributed by atoms with E-state index in [0.717, 1.165) is 5.56 Å². The number of aromatic nitrogens is 2. The monoisotopic (exact) mass is 242 g/mol. The zero-order valence-corrected chi connectivity index (χ0v) is 9.31. The van der Waals surface area contributed by atoms with Crippen molar-refractivity contribution < 1.29 is 0 Å². The van der Waals surface area contributed by atoms with E-state index in [1.165, 1.54) is 6.07 Å². The summed E-state index contributed by atoms with van der Waals surface area (Å²) in [6.07, 6.45) is 0. The summed E-state index contributed by atoms with van der Waals surface area (Å²) in [6, 6.07) is 11.6. The summed E-state index contributed by atoms with van der Waals surface area (Å²) >= 11 is 0. The SMILES string of the molecule is N#CC(Nc1cc(=O)[nH]c(=O)[nH]1)c1ccccc1. The molecule has 0 saturated heterocycles. The number of anilines is 1. The van der Waals surface area contributed by atoms with Gasteiger partial charge in [-0.2, -0.15) is 5.26 Å². The first-order valence-electron chi connectivity index (χ1n) is 5.24. The summed E-state index contributed by atoms with van der Waals surface area (Å²) in [4.78, 5) is 26.7. The Kier molecular flexibility index (Phi) is 3.25. The average Bonchev–Trinajstić information content (AvgIpc) is 2.36. The molecular weight excluding hydrogens is 232 g/mol. The van der Waals surface area contributed by atoms with Crippen LogP contribution >= 0.6 is 0 Å². The first kappa shape index (κ1) is 11.7. The van der Waals surface area contributed by atoms with E-state index in [1.54, 1.807) is 12.1 Å². The first-order valence-corrected chi connectivity index (χ1v) is 5.24. The highest BCUT2D eigenvalue weighted by Crippen LogP contribution is 2.15. The van der Waals surface area contributed by atoms with Gasteiger partial charge in [-0.05, 0) is 5.56 Å². The number of hydrogen-bond donors (Lipinski definition) is 3. The van der Waals surface area contributed by atoms with Gasteiger partial charge in [-0.15, -0.1) is 0 Å². The maximum atomic E-state index is 11.1. The molecule has 6 heteroatoms. The minimum atomic E-state index is -0.636. The Labute approximate surface area is 102 Å². The molecule has 0 aliphatic rings. The van der Waals surface area contributed by atoms with Gasteiger partial charge in [0.15, 0.2) is 0 Å². The molecule has 1 unspecified atom stereocenters.